The summed E-state index contributed by atoms with van der Waals surface area (Å²) in [5.74, 6) is 1.49. The number of rotatable bonds is 2. The van der Waals surface area contributed by atoms with E-state index in [1.165, 1.54) is 36.1 Å². The van der Waals surface area contributed by atoms with Gasteiger partial charge in [-0.05, 0) is 67.2 Å². The Bertz CT molecular complexity index is 477. The standard InChI is InChI=1S/C16H20OS/c1-11-8-9-18-15(11)10-13-6-7-14(16(13)17)12-4-2-3-5-12/h8-10,12,14H,2-7H2,1H3/b13-10+/t14-/m1/s1. The van der Waals surface area contributed by atoms with Crippen molar-refractivity contribution < 1.29 is 4.79 Å². The lowest BCUT2D eigenvalue weighted by Crippen LogP contribution is -2.16. The SMILES string of the molecule is Cc1ccsc1/C=C1\CC[C@H](C2CCCC2)C1=O. The molecule has 96 valence electrons. The monoisotopic (exact) mass is 260 g/mol. The van der Waals surface area contributed by atoms with Crippen molar-refractivity contribution in [3.63, 3.8) is 0 Å². The van der Waals surface area contributed by atoms with Crippen molar-refractivity contribution in [3.8, 4) is 0 Å². The third-order valence-electron chi connectivity index (χ3n) is 4.55. The maximum Gasteiger partial charge on any atom is 0.162 e. The first-order valence-electron chi connectivity index (χ1n) is 7.04. The molecule has 1 heterocycles. The summed E-state index contributed by atoms with van der Waals surface area (Å²) in [5.41, 5.74) is 2.38. The highest BCUT2D eigenvalue weighted by Gasteiger charge is 2.36. The first kappa shape index (κ1) is 12.2. The minimum atomic E-state index is 0.346. The highest BCUT2D eigenvalue weighted by atomic mass is 32.1. The van der Waals surface area contributed by atoms with Crippen molar-refractivity contribution in [2.45, 2.75) is 45.4 Å². The van der Waals surface area contributed by atoms with Crippen LogP contribution in [0.5, 0.6) is 0 Å². The number of hydrogen-bond donors (Lipinski definition) is 0. The zero-order valence-electron chi connectivity index (χ0n) is 10.9. The van der Waals surface area contributed by atoms with E-state index >= 15 is 0 Å². The lowest BCUT2D eigenvalue weighted by atomic mass is 9.88. The smallest absolute Gasteiger partial charge is 0.162 e. The molecule has 0 aromatic carbocycles. The third-order valence-corrected chi connectivity index (χ3v) is 5.52. The van der Waals surface area contributed by atoms with Gasteiger partial charge in [0.25, 0.3) is 0 Å². The Kier molecular flexibility index (Phi) is 3.38. The Labute approximate surface area is 113 Å². The predicted molar refractivity (Wildman–Crippen MR) is 76.7 cm³/mol. The minimum absolute atomic E-state index is 0.346. The van der Waals surface area contributed by atoms with Crippen molar-refractivity contribution in [2.75, 3.05) is 0 Å². The lowest BCUT2D eigenvalue weighted by Gasteiger charge is -2.15. The summed E-state index contributed by atoms with van der Waals surface area (Å²) in [6.45, 7) is 2.12. The van der Waals surface area contributed by atoms with Crippen LogP contribution in [-0.4, -0.2) is 5.78 Å². The average Bonchev–Trinajstić information content (AvgIpc) is 3.05. The average molecular weight is 260 g/mol. The number of Topliss-reactive ketones (excluding diaryl/α,β-unsaturated/α-hetero) is 1. The second kappa shape index (κ2) is 5.00. The van der Waals surface area contributed by atoms with E-state index in [0.29, 0.717) is 17.6 Å². The van der Waals surface area contributed by atoms with Crippen LogP contribution < -0.4 is 0 Å². The summed E-state index contributed by atoms with van der Waals surface area (Å²) in [5, 5.41) is 2.11. The van der Waals surface area contributed by atoms with Crippen molar-refractivity contribution in [1.29, 1.82) is 0 Å². The van der Waals surface area contributed by atoms with Crippen molar-refractivity contribution in [3.05, 3.63) is 27.5 Å². The van der Waals surface area contributed by atoms with Crippen LogP contribution in [0.4, 0.5) is 0 Å². The van der Waals surface area contributed by atoms with E-state index in [-0.39, 0.29) is 0 Å². The van der Waals surface area contributed by atoms with Crippen LogP contribution in [-0.2, 0) is 4.79 Å². The van der Waals surface area contributed by atoms with E-state index in [1.807, 2.05) is 0 Å². The number of carbonyl (C=O) groups is 1. The van der Waals surface area contributed by atoms with Crippen molar-refractivity contribution >= 4 is 23.2 Å². The molecule has 0 aliphatic heterocycles. The normalized spacial score (nSPS) is 27.5. The summed E-state index contributed by atoms with van der Waals surface area (Å²) < 4.78 is 0. The molecule has 0 amide bonds. The zero-order chi connectivity index (χ0) is 12.5. The molecular weight excluding hydrogens is 240 g/mol. The molecule has 18 heavy (non-hydrogen) atoms. The van der Waals surface area contributed by atoms with Gasteiger partial charge in [-0.3, -0.25) is 4.79 Å². The molecule has 0 spiro atoms. The van der Waals surface area contributed by atoms with E-state index in [1.54, 1.807) is 11.3 Å². The van der Waals surface area contributed by atoms with Gasteiger partial charge >= 0.3 is 0 Å². The summed E-state index contributed by atoms with van der Waals surface area (Å²) in [7, 11) is 0. The molecule has 2 saturated carbocycles. The number of allylic oxidation sites excluding steroid dienone is 1. The van der Waals surface area contributed by atoms with Crippen LogP contribution in [0.15, 0.2) is 17.0 Å². The number of aryl methyl sites for hydroxylation is 1. The van der Waals surface area contributed by atoms with E-state index < -0.39 is 0 Å². The fourth-order valence-electron chi connectivity index (χ4n) is 3.45. The molecule has 2 heteroatoms. The Morgan fingerprint density at radius 1 is 1.28 bits per heavy atom. The van der Waals surface area contributed by atoms with Gasteiger partial charge in [0.1, 0.15) is 0 Å². The Balaban J connectivity index is 1.78. The largest absolute Gasteiger partial charge is 0.294 e. The van der Waals surface area contributed by atoms with Gasteiger partial charge in [0, 0.05) is 10.8 Å². The topological polar surface area (TPSA) is 17.1 Å². The van der Waals surface area contributed by atoms with Crippen molar-refractivity contribution in [1.82, 2.24) is 0 Å². The van der Waals surface area contributed by atoms with E-state index in [0.717, 1.165) is 18.4 Å². The third kappa shape index (κ3) is 2.18. The zero-order valence-corrected chi connectivity index (χ0v) is 11.8. The predicted octanol–water partition coefficient (Wildman–Crippen LogP) is 4.61. The van der Waals surface area contributed by atoms with Crippen molar-refractivity contribution in [2.24, 2.45) is 11.8 Å². The molecule has 1 aromatic heterocycles. The molecule has 0 radical (unpaired) electrons. The van der Waals surface area contributed by atoms with Crippen LogP contribution >= 0.6 is 11.3 Å². The van der Waals surface area contributed by atoms with E-state index in [2.05, 4.69) is 24.4 Å². The molecule has 0 saturated heterocycles. The molecule has 0 N–H and O–H groups in total. The van der Waals surface area contributed by atoms with Gasteiger partial charge in [-0.2, -0.15) is 0 Å². The summed E-state index contributed by atoms with van der Waals surface area (Å²) in [6, 6.07) is 2.13. The van der Waals surface area contributed by atoms with Gasteiger partial charge < -0.3 is 0 Å². The van der Waals surface area contributed by atoms with Gasteiger partial charge in [-0.1, -0.05) is 12.8 Å². The maximum absolute atomic E-state index is 12.5. The second-order valence-corrected chi connectivity index (χ2v) is 6.64. The number of hydrogen-bond acceptors (Lipinski definition) is 2. The van der Waals surface area contributed by atoms with Crippen LogP contribution in [0.3, 0.4) is 0 Å². The van der Waals surface area contributed by atoms with Gasteiger partial charge in [-0.15, -0.1) is 11.3 Å². The highest BCUT2D eigenvalue weighted by molar-refractivity contribution is 7.11. The summed E-state index contributed by atoms with van der Waals surface area (Å²) in [6.07, 6.45) is 9.47. The second-order valence-electron chi connectivity index (χ2n) is 5.69. The van der Waals surface area contributed by atoms with E-state index in [9.17, 15) is 4.79 Å². The summed E-state index contributed by atoms with van der Waals surface area (Å²) in [4.78, 5) is 13.7. The number of carbonyl (C=O) groups excluding carboxylic acids is 1. The van der Waals surface area contributed by atoms with Gasteiger partial charge in [0.2, 0.25) is 0 Å². The maximum atomic E-state index is 12.5. The highest BCUT2D eigenvalue weighted by Crippen LogP contribution is 2.41. The van der Waals surface area contributed by atoms with Crippen LogP contribution in [0.1, 0.15) is 49.0 Å². The molecule has 2 aliphatic rings. The van der Waals surface area contributed by atoms with Gasteiger partial charge in [0.05, 0.1) is 0 Å². The van der Waals surface area contributed by atoms with E-state index in [4.69, 9.17) is 0 Å². The fraction of sp³-hybridized carbons (Fsp3) is 0.562. The molecule has 2 aliphatic carbocycles. The molecule has 1 nitrogen and oxygen atoms in total. The molecule has 1 aromatic rings. The van der Waals surface area contributed by atoms with Gasteiger partial charge in [0.15, 0.2) is 5.78 Å². The lowest BCUT2D eigenvalue weighted by molar-refractivity contribution is -0.119. The van der Waals surface area contributed by atoms with Crippen LogP contribution in [0, 0.1) is 18.8 Å². The minimum Gasteiger partial charge on any atom is -0.294 e. The number of thiophene rings is 1. The molecule has 0 bridgehead atoms. The van der Waals surface area contributed by atoms with Crippen LogP contribution in [0.2, 0.25) is 0 Å². The first-order chi connectivity index (χ1) is 8.75. The first-order valence-corrected chi connectivity index (χ1v) is 7.92. The molecule has 0 unspecified atom stereocenters. The quantitative estimate of drug-likeness (QED) is 0.710. The number of ketones is 1. The van der Waals surface area contributed by atoms with Crippen LogP contribution in [0.25, 0.3) is 6.08 Å². The van der Waals surface area contributed by atoms with Gasteiger partial charge in [-0.25, -0.2) is 0 Å². The molecule has 3 rings (SSSR count). The fourth-order valence-corrected chi connectivity index (χ4v) is 4.33. The molecular formula is C16H20OS. The Morgan fingerprint density at radius 3 is 2.72 bits per heavy atom. The summed E-state index contributed by atoms with van der Waals surface area (Å²) >= 11 is 1.74. The Hall–Kier alpha value is -0.890. The molecule has 2 fully saturated rings. The molecule has 1 atom stereocenters. The Morgan fingerprint density at radius 2 is 2.06 bits per heavy atom.